The van der Waals surface area contributed by atoms with Crippen molar-refractivity contribution < 1.29 is 18.3 Å². The summed E-state index contributed by atoms with van der Waals surface area (Å²) in [6.45, 7) is 7.39. The Bertz CT molecular complexity index is 772. The Balaban J connectivity index is 2.39. The van der Waals surface area contributed by atoms with Gasteiger partial charge in [0.05, 0.1) is 11.0 Å². The molecule has 1 fully saturated rings. The molecular formula is C18H25NO4S. The Kier molecular flexibility index (Phi) is 5.37. The minimum atomic E-state index is -3.65. The number of hydrogen-bond acceptors (Lipinski definition) is 4. The molecule has 0 aliphatic carbocycles. The fraction of sp³-hybridized carbons (Fsp3) is 0.500. The van der Waals surface area contributed by atoms with E-state index in [0.717, 1.165) is 11.1 Å². The van der Waals surface area contributed by atoms with Crippen LogP contribution in [0.1, 0.15) is 26.3 Å². The van der Waals surface area contributed by atoms with Crippen LogP contribution in [0.15, 0.2) is 46.0 Å². The van der Waals surface area contributed by atoms with Gasteiger partial charge >= 0.3 is 0 Å². The maximum atomic E-state index is 12.8. The molecular weight excluding hydrogens is 326 g/mol. The third kappa shape index (κ3) is 3.79. The Hall–Kier alpha value is -1.43. The van der Waals surface area contributed by atoms with Crippen LogP contribution in [0.2, 0.25) is 0 Å². The van der Waals surface area contributed by atoms with Gasteiger partial charge in [0.2, 0.25) is 10.0 Å². The van der Waals surface area contributed by atoms with Gasteiger partial charge in [0, 0.05) is 25.8 Å². The second-order valence-corrected chi connectivity index (χ2v) is 8.46. The molecule has 0 aromatic heterocycles. The van der Waals surface area contributed by atoms with Crippen LogP contribution >= 0.6 is 0 Å². The zero-order valence-electron chi connectivity index (χ0n) is 14.8. The van der Waals surface area contributed by atoms with Crippen LogP contribution in [0, 0.1) is 6.92 Å². The highest BCUT2D eigenvalue weighted by atomic mass is 32.2. The minimum absolute atomic E-state index is 0.0141. The van der Waals surface area contributed by atoms with Crippen LogP contribution in [0.25, 0.3) is 0 Å². The molecule has 0 spiro atoms. The number of aliphatic hydroxyl groups is 1. The number of β-amino-alcohol motifs (C(OH)–C–C–N with tert-alkyl or cyclic N) is 1. The number of benzene rings is 1. The molecule has 1 aromatic rings. The number of methoxy groups -OCH3 is 1. The van der Waals surface area contributed by atoms with Crippen molar-refractivity contribution in [2.24, 2.45) is 0 Å². The van der Waals surface area contributed by atoms with Crippen molar-refractivity contribution in [3.05, 3.63) is 46.7 Å². The molecule has 1 aliphatic heterocycles. The Morgan fingerprint density at radius 1 is 1.38 bits per heavy atom. The van der Waals surface area contributed by atoms with Crippen LogP contribution in [0.5, 0.6) is 0 Å². The van der Waals surface area contributed by atoms with Crippen LogP contribution < -0.4 is 0 Å². The first-order valence-corrected chi connectivity index (χ1v) is 9.30. The quantitative estimate of drug-likeness (QED) is 0.845. The van der Waals surface area contributed by atoms with E-state index < -0.39 is 15.6 Å². The summed E-state index contributed by atoms with van der Waals surface area (Å²) in [7, 11) is -2.05. The third-order valence-electron chi connectivity index (χ3n) is 4.44. The average molecular weight is 351 g/mol. The lowest BCUT2D eigenvalue weighted by atomic mass is 9.99. The van der Waals surface area contributed by atoms with Crippen LogP contribution in [0.4, 0.5) is 0 Å². The SMILES string of the molecule is COC(C)C(C)=C=C1CN(S(=O)(=O)c2ccc(C)cc2)C[C@]1(C)O. The highest BCUT2D eigenvalue weighted by Crippen LogP contribution is 2.31. The van der Waals surface area contributed by atoms with E-state index in [1.54, 1.807) is 38.3 Å². The summed E-state index contributed by atoms with van der Waals surface area (Å²) in [4.78, 5) is 0.233. The first-order chi connectivity index (χ1) is 11.1. The highest BCUT2D eigenvalue weighted by Gasteiger charge is 2.42. The van der Waals surface area contributed by atoms with E-state index in [1.165, 1.54) is 4.31 Å². The van der Waals surface area contributed by atoms with Crippen molar-refractivity contribution >= 4 is 10.0 Å². The lowest BCUT2D eigenvalue weighted by molar-refractivity contribution is 0.109. The maximum absolute atomic E-state index is 12.8. The van der Waals surface area contributed by atoms with Gasteiger partial charge in [-0.25, -0.2) is 8.42 Å². The second-order valence-electron chi connectivity index (χ2n) is 6.52. The first-order valence-electron chi connectivity index (χ1n) is 7.86. The van der Waals surface area contributed by atoms with E-state index in [9.17, 15) is 13.5 Å². The van der Waals surface area contributed by atoms with Gasteiger partial charge in [0.1, 0.15) is 5.60 Å². The summed E-state index contributed by atoms with van der Waals surface area (Å²) in [5.74, 6) is 0. The van der Waals surface area contributed by atoms with Crippen molar-refractivity contribution in [3.63, 3.8) is 0 Å². The number of ether oxygens (including phenoxy) is 1. The number of hydrogen-bond donors (Lipinski definition) is 1. The van der Waals surface area contributed by atoms with Crippen LogP contribution in [-0.4, -0.2) is 49.7 Å². The predicted octanol–water partition coefficient (Wildman–Crippen LogP) is 2.26. The molecule has 132 valence electrons. The second kappa shape index (κ2) is 6.82. The molecule has 0 saturated carbocycles. The number of aryl methyl sites for hydroxylation is 1. The Morgan fingerprint density at radius 3 is 2.50 bits per heavy atom. The predicted molar refractivity (Wildman–Crippen MR) is 93.2 cm³/mol. The summed E-state index contributed by atoms with van der Waals surface area (Å²) in [5.41, 5.74) is 4.26. The van der Waals surface area contributed by atoms with Gasteiger partial charge in [-0.1, -0.05) is 17.7 Å². The number of rotatable bonds is 4. The molecule has 24 heavy (non-hydrogen) atoms. The fourth-order valence-electron chi connectivity index (χ4n) is 2.56. The van der Waals surface area contributed by atoms with Crippen molar-refractivity contribution in [3.8, 4) is 0 Å². The van der Waals surface area contributed by atoms with E-state index in [1.807, 2.05) is 20.8 Å². The molecule has 6 heteroatoms. The molecule has 0 amide bonds. The van der Waals surface area contributed by atoms with E-state index in [-0.39, 0.29) is 24.1 Å². The molecule has 1 unspecified atom stereocenters. The fourth-order valence-corrected chi connectivity index (χ4v) is 4.06. The molecule has 1 saturated heterocycles. The standard InChI is InChI=1S/C18H25NO4S/c1-13-6-8-17(9-7-13)24(21,22)19-11-16(18(4,20)12-19)10-14(2)15(3)23-5/h6-9,15,20H,11-12H2,1-5H3/t10?,15?,18-/m0/s1. The smallest absolute Gasteiger partial charge is 0.243 e. The summed E-state index contributed by atoms with van der Waals surface area (Å²) in [6, 6.07) is 6.72. The zero-order chi connectivity index (χ0) is 18.1. The van der Waals surface area contributed by atoms with Gasteiger partial charge in [-0.05, 0) is 45.4 Å². The number of sulfonamides is 1. The van der Waals surface area contributed by atoms with Crippen LogP contribution in [0.3, 0.4) is 0 Å². The van der Waals surface area contributed by atoms with Crippen molar-refractivity contribution in [2.45, 2.75) is 44.3 Å². The Labute approximate surface area is 144 Å². The number of nitrogens with zero attached hydrogens (tertiary/aromatic N) is 1. The van der Waals surface area contributed by atoms with Crippen LogP contribution in [-0.2, 0) is 14.8 Å². The average Bonchev–Trinajstić information content (AvgIpc) is 2.82. The topological polar surface area (TPSA) is 66.8 Å². The van der Waals surface area contributed by atoms with Gasteiger partial charge < -0.3 is 9.84 Å². The highest BCUT2D eigenvalue weighted by molar-refractivity contribution is 7.89. The molecule has 0 bridgehead atoms. The third-order valence-corrected chi connectivity index (χ3v) is 6.24. The normalized spacial score (nSPS) is 23.2. The van der Waals surface area contributed by atoms with E-state index in [2.05, 4.69) is 5.73 Å². The monoisotopic (exact) mass is 351 g/mol. The van der Waals surface area contributed by atoms with Gasteiger partial charge in [-0.3, -0.25) is 0 Å². The van der Waals surface area contributed by atoms with E-state index in [0.29, 0.717) is 5.57 Å². The van der Waals surface area contributed by atoms with Crippen molar-refractivity contribution in [1.29, 1.82) is 0 Å². The van der Waals surface area contributed by atoms with Gasteiger partial charge in [0.15, 0.2) is 0 Å². The first kappa shape index (κ1) is 18.9. The molecule has 1 N–H and O–H groups in total. The molecule has 1 heterocycles. The Morgan fingerprint density at radius 2 is 1.96 bits per heavy atom. The summed E-state index contributed by atoms with van der Waals surface area (Å²) < 4.78 is 32.1. The largest absolute Gasteiger partial charge is 0.384 e. The molecule has 2 atom stereocenters. The summed E-state index contributed by atoms with van der Waals surface area (Å²) >= 11 is 0. The summed E-state index contributed by atoms with van der Waals surface area (Å²) in [5, 5.41) is 10.6. The van der Waals surface area contributed by atoms with E-state index >= 15 is 0 Å². The molecule has 5 nitrogen and oxygen atoms in total. The summed E-state index contributed by atoms with van der Waals surface area (Å²) in [6.07, 6.45) is -0.143. The van der Waals surface area contributed by atoms with Gasteiger partial charge in [-0.15, -0.1) is 5.73 Å². The van der Waals surface area contributed by atoms with Crippen molar-refractivity contribution in [1.82, 2.24) is 4.31 Å². The van der Waals surface area contributed by atoms with Gasteiger partial charge in [0.25, 0.3) is 0 Å². The molecule has 0 radical (unpaired) electrons. The van der Waals surface area contributed by atoms with E-state index in [4.69, 9.17) is 4.74 Å². The maximum Gasteiger partial charge on any atom is 0.243 e. The zero-order valence-corrected chi connectivity index (χ0v) is 15.6. The van der Waals surface area contributed by atoms with Crippen molar-refractivity contribution in [2.75, 3.05) is 20.2 Å². The lowest BCUT2D eigenvalue weighted by Crippen LogP contribution is -2.34. The molecule has 2 rings (SSSR count). The molecule has 1 aromatic carbocycles. The lowest BCUT2D eigenvalue weighted by Gasteiger charge is -2.18. The molecule has 1 aliphatic rings. The van der Waals surface area contributed by atoms with Gasteiger partial charge in [-0.2, -0.15) is 4.31 Å². The minimum Gasteiger partial charge on any atom is -0.384 e.